The number of likely N-dealkylation sites (N-methyl/N-ethyl adjacent to an activating group) is 1. The first-order chi connectivity index (χ1) is 8.71. The highest BCUT2D eigenvalue weighted by atomic mass is 15.2. The van der Waals surface area contributed by atoms with Crippen molar-refractivity contribution in [3.8, 4) is 0 Å². The first-order valence-electron chi connectivity index (χ1n) is 7.88. The minimum Gasteiger partial charge on any atom is -0.316 e. The lowest BCUT2D eigenvalue weighted by Gasteiger charge is -2.27. The molecule has 0 amide bonds. The number of likely N-dealkylation sites (tertiary alicyclic amines) is 1. The van der Waals surface area contributed by atoms with Crippen LogP contribution in [-0.2, 0) is 0 Å². The van der Waals surface area contributed by atoms with Gasteiger partial charge in [0.1, 0.15) is 0 Å². The Hall–Kier alpha value is -0.120. The predicted octanol–water partition coefficient (Wildman–Crippen LogP) is 2.04. The molecule has 3 heteroatoms. The van der Waals surface area contributed by atoms with Crippen LogP contribution in [-0.4, -0.2) is 61.7 Å². The van der Waals surface area contributed by atoms with Crippen LogP contribution in [0.2, 0.25) is 0 Å². The minimum absolute atomic E-state index is 0.770. The van der Waals surface area contributed by atoms with Gasteiger partial charge in [-0.25, -0.2) is 0 Å². The van der Waals surface area contributed by atoms with E-state index in [0.29, 0.717) is 0 Å². The van der Waals surface area contributed by atoms with E-state index in [1.54, 1.807) is 0 Å². The molecule has 0 spiro atoms. The van der Waals surface area contributed by atoms with Crippen LogP contribution in [0.3, 0.4) is 0 Å². The van der Waals surface area contributed by atoms with Crippen molar-refractivity contribution < 1.29 is 0 Å². The molecule has 1 fully saturated rings. The number of nitrogens with one attached hydrogen (secondary N) is 1. The van der Waals surface area contributed by atoms with Gasteiger partial charge in [-0.2, -0.15) is 0 Å². The van der Waals surface area contributed by atoms with Crippen LogP contribution in [0.4, 0.5) is 0 Å². The van der Waals surface area contributed by atoms with Crippen molar-refractivity contribution in [2.45, 2.75) is 46.6 Å². The molecule has 0 radical (unpaired) electrons. The van der Waals surface area contributed by atoms with Gasteiger partial charge in [-0.05, 0) is 51.5 Å². The zero-order valence-electron chi connectivity index (χ0n) is 12.9. The van der Waals surface area contributed by atoms with Gasteiger partial charge in [0.2, 0.25) is 0 Å². The Morgan fingerprint density at radius 3 is 2.61 bits per heavy atom. The van der Waals surface area contributed by atoms with Crippen molar-refractivity contribution in [1.82, 2.24) is 15.1 Å². The molecule has 108 valence electrons. The third-order valence-corrected chi connectivity index (χ3v) is 4.07. The van der Waals surface area contributed by atoms with E-state index in [4.69, 9.17) is 0 Å². The molecule has 0 aromatic heterocycles. The van der Waals surface area contributed by atoms with Crippen molar-refractivity contribution in [2.75, 3.05) is 45.8 Å². The molecule has 0 aromatic rings. The van der Waals surface area contributed by atoms with Crippen LogP contribution in [0.25, 0.3) is 0 Å². The summed E-state index contributed by atoms with van der Waals surface area (Å²) in [6, 6.07) is 0.802. The summed E-state index contributed by atoms with van der Waals surface area (Å²) in [6.07, 6.45) is 2.59. The molecule has 2 unspecified atom stereocenters. The molecule has 1 aliphatic rings. The molecule has 0 aromatic carbocycles. The van der Waals surface area contributed by atoms with E-state index < -0.39 is 0 Å². The smallest absolute Gasteiger partial charge is 0.0235 e. The molecule has 18 heavy (non-hydrogen) atoms. The molecule has 1 heterocycles. The number of hydrogen-bond donors (Lipinski definition) is 1. The van der Waals surface area contributed by atoms with Crippen LogP contribution in [0.1, 0.15) is 40.5 Å². The Morgan fingerprint density at radius 2 is 2.00 bits per heavy atom. The van der Waals surface area contributed by atoms with Crippen LogP contribution in [0.5, 0.6) is 0 Å². The van der Waals surface area contributed by atoms with E-state index >= 15 is 0 Å². The van der Waals surface area contributed by atoms with Gasteiger partial charge in [-0.15, -0.1) is 0 Å². The Balaban J connectivity index is 2.21. The van der Waals surface area contributed by atoms with Crippen LogP contribution >= 0.6 is 0 Å². The molecule has 1 aliphatic heterocycles. The lowest BCUT2D eigenvalue weighted by atomic mass is 10.1. The Kier molecular flexibility index (Phi) is 7.87. The second-order valence-electron chi connectivity index (χ2n) is 5.73. The second kappa shape index (κ2) is 8.89. The number of nitrogens with zero attached hydrogens (tertiary/aromatic N) is 2. The summed E-state index contributed by atoms with van der Waals surface area (Å²) in [5.41, 5.74) is 0. The maximum atomic E-state index is 3.53. The highest BCUT2D eigenvalue weighted by Gasteiger charge is 2.26. The highest BCUT2D eigenvalue weighted by Crippen LogP contribution is 2.16. The zero-order chi connectivity index (χ0) is 13.4. The molecule has 1 rings (SSSR count). The Labute approximate surface area is 114 Å². The van der Waals surface area contributed by atoms with Crippen molar-refractivity contribution in [3.05, 3.63) is 0 Å². The Bertz CT molecular complexity index is 204. The average molecular weight is 255 g/mol. The van der Waals surface area contributed by atoms with Crippen molar-refractivity contribution >= 4 is 0 Å². The van der Waals surface area contributed by atoms with Gasteiger partial charge in [0.25, 0.3) is 0 Å². The maximum Gasteiger partial charge on any atom is 0.0235 e. The molecular formula is C15H33N3. The topological polar surface area (TPSA) is 18.5 Å². The van der Waals surface area contributed by atoms with E-state index in [-0.39, 0.29) is 0 Å². The summed E-state index contributed by atoms with van der Waals surface area (Å²) >= 11 is 0. The third kappa shape index (κ3) is 5.25. The van der Waals surface area contributed by atoms with Gasteiger partial charge >= 0.3 is 0 Å². The fourth-order valence-corrected chi connectivity index (χ4v) is 3.05. The highest BCUT2D eigenvalue weighted by molar-refractivity contribution is 4.83. The van der Waals surface area contributed by atoms with Gasteiger partial charge in [0, 0.05) is 19.1 Å². The summed E-state index contributed by atoms with van der Waals surface area (Å²) in [5, 5.41) is 3.53. The lowest BCUT2D eigenvalue weighted by Crippen LogP contribution is -2.38. The summed E-state index contributed by atoms with van der Waals surface area (Å²) in [4.78, 5) is 5.27. The van der Waals surface area contributed by atoms with Crippen LogP contribution < -0.4 is 5.32 Å². The monoisotopic (exact) mass is 255 g/mol. The maximum absolute atomic E-state index is 3.53. The van der Waals surface area contributed by atoms with E-state index in [1.165, 1.54) is 52.1 Å². The van der Waals surface area contributed by atoms with Crippen molar-refractivity contribution in [3.63, 3.8) is 0 Å². The summed E-state index contributed by atoms with van der Waals surface area (Å²) in [6.45, 7) is 17.7. The van der Waals surface area contributed by atoms with E-state index in [0.717, 1.165) is 18.5 Å². The Morgan fingerprint density at radius 1 is 1.28 bits per heavy atom. The summed E-state index contributed by atoms with van der Waals surface area (Å²) in [5.74, 6) is 0.770. The van der Waals surface area contributed by atoms with Crippen molar-refractivity contribution in [1.29, 1.82) is 0 Å². The van der Waals surface area contributed by atoms with Gasteiger partial charge in [0.05, 0.1) is 0 Å². The fraction of sp³-hybridized carbons (Fsp3) is 1.00. The molecule has 2 atom stereocenters. The van der Waals surface area contributed by atoms with Crippen molar-refractivity contribution in [2.24, 2.45) is 5.92 Å². The van der Waals surface area contributed by atoms with Gasteiger partial charge in [0.15, 0.2) is 0 Å². The van der Waals surface area contributed by atoms with Gasteiger partial charge in [-0.3, -0.25) is 4.90 Å². The van der Waals surface area contributed by atoms with Crippen LogP contribution in [0.15, 0.2) is 0 Å². The molecule has 1 saturated heterocycles. The third-order valence-electron chi connectivity index (χ3n) is 4.07. The first-order valence-corrected chi connectivity index (χ1v) is 7.88. The molecule has 1 N–H and O–H groups in total. The summed E-state index contributed by atoms with van der Waals surface area (Å²) in [7, 11) is 0. The van der Waals surface area contributed by atoms with E-state index in [2.05, 4.69) is 42.8 Å². The number of rotatable bonds is 9. The SMILES string of the molecule is CCCNCC(C)CN1CCC(N(CC)CC)C1. The summed E-state index contributed by atoms with van der Waals surface area (Å²) < 4.78 is 0. The quantitative estimate of drug-likeness (QED) is 0.636. The molecule has 0 aliphatic carbocycles. The second-order valence-corrected chi connectivity index (χ2v) is 5.73. The standard InChI is InChI=1S/C15H33N3/c1-5-9-16-11-14(4)12-17-10-8-15(13-17)18(6-2)7-3/h14-16H,5-13H2,1-4H3. The molecule has 0 saturated carbocycles. The molecule has 3 nitrogen and oxygen atoms in total. The number of hydrogen-bond acceptors (Lipinski definition) is 3. The van der Waals surface area contributed by atoms with E-state index in [9.17, 15) is 0 Å². The lowest BCUT2D eigenvalue weighted by molar-refractivity contribution is 0.203. The van der Waals surface area contributed by atoms with Crippen LogP contribution in [0, 0.1) is 5.92 Å². The fourth-order valence-electron chi connectivity index (χ4n) is 3.05. The molecule has 0 bridgehead atoms. The first kappa shape index (κ1) is 15.9. The zero-order valence-corrected chi connectivity index (χ0v) is 12.9. The van der Waals surface area contributed by atoms with Gasteiger partial charge in [-0.1, -0.05) is 27.7 Å². The largest absolute Gasteiger partial charge is 0.316 e. The average Bonchev–Trinajstić information content (AvgIpc) is 2.79. The predicted molar refractivity (Wildman–Crippen MR) is 80.1 cm³/mol. The van der Waals surface area contributed by atoms with E-state index in [1.807, 2.05) is 0 Å². The van der Waals surface area contributed by atoms with Gasteiger partial charge < -0.3 is 10.2 Å². The minimum atomic E-state index is 0.770. The normalized spacial score (nSPS) is 22.8. The molecular weight excluding hydrogens is 222 g/mol.